The Kier molecular flexibility index (Phi) is 4.60. The van der Waals surface area contributed by atoms with Crippen LogP contribution in [0.4, 0.5) is 5.69 Å². The van der Waals surface area contributed by atoms with Crippen LogP contribution in [0.5, 0.6) is 11.5 Å². The lowest BCUT2D eigenvalue weighted by atomic mass is 10.1. The molecule has 0 saturated carbocycles. The van der Waals surface area contributed by atoms with E-state index in [-0.39, 0.29) is 12.0 Å². The van der Waals surface area contributed by atoms with Crippen LogP contribution in [0.25, 0.3) is 0 Å². The first kappa shape index (κ1) is 16.2. The zero-order valence-electron chi connectivity index (χ0n) is 14.2. The van der Waals surface area contributed by atoms with Crippen molar-refractivity contribution in [1.29, 1.82) is 0 Å². The van der Waals surface area contributed by atoms with Gasteiger partial charge >= 0.3 is 0 Å². The van der Waals surface area contributed by atoms with Crippen molar-refractivity contribution in [2.45, 2.75) is 25.7 Å². The summed E-state index contributed by atoms with van der Waals surface area (Å²) in [4.78, 5) is 14.5. The van der Waals surface area contributed by atoms with Crippen molar-refractivity contribution in [1.82, 2.24) is 5.32 Å². The smallest absolute Gasteiger partial charge is 0.265 e. The van der Waals surface area contributed by atoms with Crippen LogP contribution in [0.2, 0.25) is 0 Å². The summed E-state index contributed by atoms with van der Waals surface area (Å²) in [7, 11) is 3.99. The van der Waals surface area contributed by atoms with Crippen LogP contribution in [0.15, 0.2) is 48.5 Å². The molecule has 0 saturated heterocycles. The van der Waals surface area contributed by atoms with Gasteiger partial charge in [0.1, 0.15) is 6.10 Å². The minimum absolute atomic E-state index is 0.173. The Morgan fingerprint density at radius 3 is 2.29 bits per heavy atom. The molecular weight excluding hydrogens is 304 g/mol. The Balaban J connectivity index is 1.61. The topological polar surface area (TPSA) is 50.8 Å². The predicted molar refractivity (Wildman–Crippen MR) is 93.6 cm³/mol. The van der Waals surface area contributed by atoms with Gasteiger partial charge in [-0.3, -0.25) is 4.79 Å². The number of fused-ring (bicyclic) bond motifs is 1. The maximum atomic E-state index is 12.4. The van der Waals surface area contributed by atoms with Crippen molar-refractivity contribution in [3.05, 3.63) is 54.1 Å². The molecule has 0 fully saturated rings. The minimum Gasteiger partial charge on any atom is -0.482 e. The molecule has 1 amide bonds. The lowest BCUT2D eigenvalue weighted by Gasteiger charge is -2.31. The van der Waals surface area contributed by atoms with Crippen LogP contribution in [0.3, 0.4) is 0 Å². The third-order valence-electron chi connectivity index (χ3n) is 4.02. The Hall–Kier alpha value is -2.69. The van der Waals surface area contributed by atoms with Gasteiger partial charge < -0.3 is 19.7 Å². The van der Waals surface area contributed by atoms with Crippen molar-refractivity contribution in [2.75, 3.05) is 19.0 Å². The van der Waals surface area contributed by atoms with Crippen molar-refractivity contribution >= 4 is 11.6 Å². The van der Waals surface area contributed by atoms with E-state index in [9.17, 15) is 4.79 Å². The molecule has 24 heavy (non-hydrogen) atoms. The summed E-state index contributed by atoms with van der Waals surface area (Å²) in [6, 6.07) is 15.5. The fourth-order valence-corrected chi connectivity index (χ4v) is 2.61. The Morgan fingerprint density at radius 1 is 1.04 bits per heavy atom. The lowest BCUT2D eigenvalue weighted by Crippen LogP contribution is -2.48. The van der Waals surface area contributed by atoms with Crippen molar-refractivity contribution in [3.8, 4) is 11.5 Å². The highest BCUT2D eigenvalue weighted by atomic mass is 16.6. The Bertz CT molecular complexity index is 713. The normalized spacial score (nSPS) is 18.8. The SMILES string of the molecule is C[C@H]1Oc2ccccc2O[C@H]1C(=O)NCc1ccc(N(C)C)cc1. The van der Waals surface area contributed by atoms with Gasteiger partial charge in [-0.2, -0.15) is 0 Å². The zero-order valence-corrected chi connectivity index (χ0v) is 14.2. The summed E-state index contributed by atoms with van der Waals surface area (Å²) in [6.07, 6.45) is -0.989. The molecule has 5 nitrogen and oxygen atoms in total. The first-order chi connectivity index (χ1) is 11.5. The number of hydrogen-bond acceptors (Lipinski definition) is 4. The lowest BCUT2D eigenvalue weighted by molar-refractivity contribution is -0.133. The highest BCUT2D eigenvalue weighted by Crippen LogP contribution is 2.33. The summed E-state index contributed by atoms with van der Waals surface area (Å²) in [5.74, 6) is 1.10. The quantitative estimate of drug-likeness (QED) is 0.938. The van der Waals surface area contributed by atoms with Crippen LogP contribution in [0, 0.1) is 0 Å². The first-order valence-electron chi connectivity index (χ1n) is 8.01. The summed E-state index contributed by atoms with van der Waals surface area (Å²) in [5.41, 5.74) is 2.16. The second-order valence-electron chi connectivity index (χ2n) is 6.09. The minimum atomic E-state index is -0.652. The van der Waals surface area contributed by atoms with Gasteiger partial charge in [-0.1, -0.05) is 24.3 Å². The second kappa shape index (κ2) is 6.83. The van der Waals surface area contributed by atoms with E-state index in [1.54, 1.807) is 0 Å². The molecule has 0 radical (unpaired) electrons. The number of amides is 1. The van der Waals surface area contributed by atoms with Crippen LogP contribution in [-0.2, 0) is 11.3 Å². The van der Waals surface area contributed by atoms with E-state index < -0.39 is 6.10 Å². The number of rotatable bonds is 4. The maximum absolute atomic E-state index is 12.4. The number of nitrogens with zero attached hydrogens (tertiary/aromatic N) is 1. The molecule has 5 heteroatoms. The van der Waals surface area contributed by atoms with E-state index in [0.717, 1.165) is 11.3 Å². The van der Waals surface area contributed by atoms with Gasteiger partial charge in [-0.05, 0) is 36.8 Å². The number of benzene rings is 2. The summed E-state index contributed by atoms with van der Waals surface area (Å²) >= 11 is 0. The van der Waals surface area contributed by atoms with Gasteiger partial charge in [0, 0.05) is 26.3 Å². The monoisotopic (exact) mass is 326 g/mol. The fraction of sp³-hybridized carbons (Fsp3) is 0.316. The molecule has 0 spiro atoms. The van der Waals surface area contributed by atoms with Crippen LogP contribution in [-0.4, -0.2) is 32.2 Å². The summed E-state index contributed by atoms with van der Waals surface area (Å²) < 4.78 is 11.6. The molecule has 1 aliphatic rings. The predicted octanol–water partition coefficient (Wildman–Crippen LogP) is 2.60. The molecule has 2 atom stereocenters. The molecule has 1 heterocycles. The zero-order chi connectivity index (χ0) is 17.1. The third-order valence-corrected chi connectivity index (χ3v) is 4.02. The molecule has 1 aliphatic heterocycles. The number of para-hydroxylation sites is 2. The molecule has 126 valence electrons. The van der Waals surface area contributed by atoms with Gasteiger partial charge in [0.2, 0.25) is 6.10 Å². The number of carbonyl (C=O) groups is 1. The maximum Gasteiger partial charge on any atom is 0.265 e. The number of ether oxygens (including phenoxy) is 2. The van der Waals surface area contributed by atoms with Crippen molar-refractivity contribution in [3.63, 3.8) is 0 Å². The molecule has 0 unspecified atom stereocenters. The number of anilines is 1. The van der Waals surface area contributed by atoms with Crippen LogP contribution >= 0.6 is 0 Å². The van der Waals surface area contributed by atoms with Crippen molar-refractivity contribution in [2.24, 2.45) is 0 Å². The van der Waals surface area contributed by atoms with Gasteiger partial charge in [0.05, 0.1) is 0 Å². The van der Waals surface area contributed by atoms with E-state index in [0.29, 0.717) is 18.0 Å². The van der Waals surface area contributed by atoms with Crippen LogP contribution < -0.4 is 19.7 Å². The second-order valence-corrected chi connectivity index (χ2v) is 6.09. The van der Waals surface area contributed by atoms with Crippen LogP contribution in [0.1, 0.15) is 12.5 Å². The highest BCUT2D eigenvalue weighted by molar-refractivity contribution is 5.82. The van der Waals surface area contributed by atoms with Gasteiger partial charge in [0.25, 0.3) is 5.91 Å². The molecule has 0 bridgehead atoms. The first-order valence-corrected chi connectivity index (χ1v) is 8.01. The molecule has 3 rings (SSSR count). The molecule has 0 aromatic heterocycles. The van der Waals surface area contributed by atoms with E-state index >= 15 is 0 Å². The number of carbonyl (C=O) groups excluding carboxylic acids is 1. The molecular formula is C19H22N2O3. The number of nitrogens with one attached hydrogen (secondary N) is 1. The summed E-state index contributed by atoms with van der Waals surface area (Å²) in [5, 5.41) is 2.92. The van der Waals surface area contributed by atoms with Gasteiger partial charge in [-0.25, -0.2) is 0 Å². The molecule has 2 aromatic carbocycles. The van der Waals surface area contributed by atoms with Gasteiger partial charge in [0.15, 0.2) is 11.5 Å². The number of hydrogen-bond donors (Lipinski definition) is 1. The molecule has 2 aromatic rings. The highest BCUT2D eigenvalue weighted by Gasteiger charge is 2.33. The Labute approximate surface area is 142 Å². The van der Waals surface area contributed by atoms with Gasteiger partial charge in [-0.15, -0.1) is 0 Å². The van der Waals surface area contributed by atoms with E-state index in [4.69, 9.17) is 9.47 Å². The Morgan fingerprint density at radius 2 is 1.67 bits per heavy atom. The molecule has 1 N–H and O–H groups in total. The van der Waals surface area contributed by atoms with E-state index in [1.165, 1.54) is 0 Å². The third kappa shape index (κ3) is 3.45. The standard InChI is InChI=1S/C19H22N2O3/c1-13-18(24-17-7-5-4-6-16(17)23-13)19(22)20-12-14-8-10-15(11-9-14)21(2)3/h4-11,13,18H,12H2,1-3H3,(H,20,22)/t13-,18-/m1/s1. The fourth-order valence-electron chi connectivity index (χ4n) is 2.61. The van der Waals surface area contributed by atoms with E-state index in [2.05, 4.69) is 5.32 Å². The molecule has 0 aliphatic carbocycles. The average molecular weight is 326 g/mol. The van der Waals surface area contributed by atoms with Crippen molar-refractivity contribution < 1.29 is 14.3 Å². The van der Waals surface area contributed by atoms with E-state index in [1.807, 2.05) is 74.4 Å². The largest absolute Gasteiger partial charge is 0.482 e. The summed E-state index contributed by atoms with van der Waals surface area (Å²) in [6.45, 7) is 2.30. The average Bonchev–Trinajstić information content (AvgIpc) is 2.59.